The monoisotopic (exact) mass is 546 g/mol. The van der Waals surface area contributed by atoms with Gasteiger partial charge in [-0.2, -0.15) is 4.31 Å². The fourth-order valence-electron chi connectivity index (χ4n) is 3.95. The number of carbonyl (C=O) groups is 1. The Morgan fingerprint density at radius 1 is 1.26 bits per heavy atom. The highest BCUT2D eigenvalue weighted by Gasteiger charge is 2.38. The number of amides is 2. The van der Waals surface area contributed by atoms with Gasteiger partial charge in [0, 0.05) is 31.1 Å². The van der Waals surface area contributed by atoms with Crippen molar-refractivity contribution in [3.8, 4) is 17.6 Å². The van der Waals surface area contributed by atoms with Crippen LogP contribution in [0.25, 0.3) is 0 Å². The second-order valence-corrected chi connectivity index (χ2v) is 11.6. The zero-order valence-electron chi connectivity index (χ0n) is 22.3. The van der Waals surface area contributed by atoms with Crippen molar-refractivity contribution in [2.24, 2.45) is 5.92 Å². The van der Waals surface area contributed by atoms with Crippen molar-refractivity contribution in [3.05, 3.63) is 53.8 Å². The van der Waals surface area contributed by atoms with E-state index in [4.69, 9.17) is 4.74 Å². The summed E-state index contributed by atoms with van der Waals surface area (Å²) in [6, 6.07) is 9.32. The molecule has 2 N–H and O–H groups in total. The van der Waals surface area contributed by atoms with E-state index < -0.39 is 34.0 Å². The molecule has 11 heteroatoms. The number of aliphatic hydroxyl groups is 1. The van der Waals surface area contributed by atoms with Crippen LogP contribution in [-0.4, -0.2) is 93.2 Å². The van der Waals surface area contributed by atoms with Gasteiger partial charge in [-0.15, -0.1) is 0 Å². The van der Waals surface area contributed by atoms with E-state index in [1.54, 1.807) is 32.2 Å². The molecule has 38 heavy (non-hydrogen) atoms. The van der Waals surface area contributed by atoms with E-state index in [1.807, 2.05) is 25.9 Å². The van der Waals surface area contributed by atoms with Gasteiger partial charge in [0.1, 0.15) is 22.6 Å². The molecule has 3 atom stereocenters. The van der Waals surface area contributed by atoms with Crippen molar-refractivity contribution >= 4 is 21.7 Å². The molecule has 2 aromatic carbocycles. The molecule has 0 aromatic heterocycles. The summed E-state index contributed by atoms with van der Waals surface area (Å²) in [4.78, 5) is 16.1. The fourth-order valence-corrected chi connectivity index (χ4v) is 5.77. The topological polar surface area (TPSA) is 102 Å². The number of anilines is 1. The predicted octanol–water partition coefficient (Wildman–Crippen LogP) is 2.67. The summed E-state index contributed by atoms with van der Waals surface area (Å²) >= 11 is 0. The first-order chi connectivity index (χ1) is 17.9. The summed E-state index contributed by atoms with van der Waals surface area (Å²) in [5, 5.41) is 12.3. The molecule has 206 valence electrons. The SMILES string of the molecule is C[C@H]1CN([C@@H](C)CO)S(=O)(=O)c2ccc(C#CCN(C)C)cc2O[C@@H]1CN(C)C(=O)Nc1ccccc1F. The number of nitrogens with one attached hydrogen (secondary N) is 1. The van der Waals surface area contributed by atoms with E-state index >= 15 is 0 Å². The molecule has 2 aromatic rings. The average Bonchev–Trinajstić information content (AvgIpc) is 2.86. The summed E-state index contributed by atoms with van der Waals surface area (Å²) < 4.78 is 48.8. The highest BCUT2D eigenvalue weighted by molar-refractivity contribution is 7.89. The Labute approximate surface area is 224 Å². The molecule has 0 spiro atoms. The number of likely N-dealkylation sites (N-methyl/N-ethyl adjacent to an activating group) is 1. The largest absolute Gasteiger partial charge is 0.487 e. The Morgan fingerprint density at radius 2 is 1.97 bits per heavy atom. The Balaban J connectivity index is 1.95. The Morgan fingerprint density at radius 3 is 2.63 bits per heavy atom. The third-order valence-electron chi connectivity index (χ3n) is 6.21. The molecule has 0 saturated carbocycles. The maximum atomic E-state index is 14.0. The van der Waals surface area contributed by atoms with Crippen LogP contribution in [0, 0.1) is 23.6 Å². The van der Waals surface area contributed by atoms with E-state index in [-0.39, 0.29) is 41.9 Å². The van der Waals surface area contributed by atoms with Gasteiger partial charge in [0.25, 0.3) is 0 Å². The summed E-state index contributed by atoms with van der Waals surface area (Å²) in [6.45, 7) is 3.80. The Hall–Kier alpha value is -3.17. The van der Waals surface area contributed by atoms with Crippen LogP contribution < -0.4 is 10.1 Å². The number of halogens is 1. The van der Waals surface area contributed by atoms with Gasteiger partial charge in [-0.25, -0.2) is 17.6 Å². The third-order valence-corrected chi connectivity index (χ3v) is 8.23. The van der Waals surface area contributed by atoms with Crippen LogP contribution in [0.4, 0.5) is 14.9 Å². The highest BCUT2D eigenvalue weighted by atomic mass is 32.2. The molecule has 1 heterocycles. The van der Waals surface area contributed by atoms with E-state index in [0.717, 1.165) is 0 Å². The lowest BCUT2D eigenvalue weighted by Crippen LogP contribution is -2.50. The van der Waals surface area contributed by atoms with Crippen molar-refractivity contribution in [1.82, 2.24) is 14.1 Å². The number of aliphatic hydroxyl groups excluding tert-OH is 1. The summed E-state index contributed by atoms with van der Waals surface area (Å²) in [5.41, 5.74) is 0.636. The van der Waals surface area contributed by atoms with Crippen LogP contribution in [0.15, 0.2) is 47.4 Å². The van der Waals surface area contributed by atoms with Crippen molar-refractivity contribution in [2.75, 3.05) is 52.7 Å². The van der Waals surface area contributed by atoms with Crippen LogP contribution in [-0.2, 0) is 10.0 Å². The number of sulfonamides is 1. The van der Waals surface area contributed by atoms with E-state index in [9.17, 15) is 22.7 Å². The smallest absolute Gasteiger partial charge is 0.321 e. The number of para-hydroxylation sites is 1. The fraction of sp³-hybridized carbons (Fsp3) is 0.444. The minimum Gasteiger partial charge on any atom is -0.487 e. The van der Waals surface area contributed by atoms with Crippen molar-refractivity contribution < 1.29 is 27.4 Å². The van der Waals surface area contributed by atoms with E-state index in [0.29, 0.717) is 12.1 Å². The van der Waals surface area contributed by atoms with Gasteiger partial charge >= 0.3 is 6.03 Å². The summed E-state index contributed by atoms with van der Waals surface area (Å²) in [6.07, 6.45) is -0.612. The normalized spacial score (nSPS) is 19.7. The first kappa shape index (κ1) is 29.4. The summed E-state index contributed by atoms with van der Waals surface area (Å²) in [7, 11) is 1.35. The van der Waals surface area contributed by atoms with Crippen molar-refractivity contribution in [3.63, 3.8) is 0 Å². The number of hydrogen-bond acceptors (Lipinski definition) is 6. The average molecular weight is 547 g/mol. The first-order valence-electron chi connectivity index (χ1n) is 12.3. The maximum absolute atomic E-state index is 14.0. The van der Waals surface area contributed by atoms with Crippen LogP contribution in [0.3, 0.4) is 0 Å². The van der Waals surface area contributed by atoms with Gasteiger partial charge in [0.05, 0.1) is 25.4 Å². The lowest BCUT2D eigenvalue weighted by Gasteiger charge is -2.37. The minimum atomic E-state index is -3.99. The number of hydrogen-bond donors (Lipinski definition) is 2. The number of fused-ring (bicyclic) bond motifs is 1. The standard InChI is InChI=1S/C27H35FN4O5S/c1-19-16-32(20(2)18-33)38(35,36)26-13-12-21(9-8-14-30(3)4)15-24(26)37-25(19)17-31(5)27(34)29-23-11-7-6-10-22(23)28/h6-7,10-13,15,19-20,25,33H,14,16-18H2,1-5H3,(H,29,34)/t19-,20-,25+/m0/s1. The molecule has 1 aliphatic heterocycles. The van der Waals surface area contributed by atoms with Crippen LogP contribution in [0.1, 0.15) is 19.4 Å². The molecule has 2 amide bonds. The van der Waals surface area contributed by atoms with E-state index in [2.05, 4.69) is 17.2 Å². The molecule has 0 bridgehead atoms. The van der Waals surface area contributed by atoms with Gasteiger partial charge in [-0.1, -0.05) is 30.9 Å². The summed E-state index contributed by atoms with van der Waals surface area (Å²) in [5.74, 6) is 5.25. The molecule has 0 saturated heterocycles. The highest BCUT2D eigenvalue weighted by Crippen LogP contribution is 2.34. The van der Waals surface area contributed by atoms with Gasteiger partial charge in [0.15, 0.2) is 0 Å². The van der Waals surface area contributed by atoms with Gasteiger partial charge in [0.2, 0.25) is 10.0 Å². The number of carbonyl (C=O) groups excluding carboxylic acids is 1. The third kappa shape index (κ3) is 7.02. The zero-order valence-corrected chi connectivity index (χ0v) is 23.1. The number of ether oxygens (including phenoxy) is 1. The Bertz CT molecular complexity index is 1310. The molecule has 0 radical (unpaired) electrons. The number of urea groups is 1. The van der Waals surface area contributed by atoms with Crippen LogP contribution in [0.2, 0.25) is 0 Å². The molecule has 1 aliphatic rings. The molecule has 3 rings (SSSR count). The number of benzene rings is 2. The van der Waals surface area contributed by atoms with Gasteiger partial charge < -0.3 is 20.1 Å². The quantitative estimate of drug-likeness (QED) is 0.541. The van der Waals surface area contributed by atoms with Crippen molar-refractivity contribution in [1.29, 1.82) is 0 Å². The molecule has 0 fully saturated rings. The minimum absolute atomic E-state index is 0.0358. The van der Waals surface area contributed by atoms with Crippen LogP contribution in [0.5, 0.6) is 5.75 Å². The zero-order chi connectivity index (χ0) is 28.0. The molecule has 0 unspecified atom stereocenters. The van der Waals surface area contributed by atoms with Crippen LogP contribution >= 0.6 is 0 Å². The molecule has 9 nitrogen and oxygen atoms in total. The second-order valence-electron chi connectivity index (χ2n) is 9.73. The first-order valence-corrected chi connectivity index (χ1v) is 13.7. The van der Waals surface area contributed by atoms with Gasteiger partial charge in [-0.05, 0) is 51.4 Å². The molecular formula is C27H35FN4O5S. The number of nitrogens with zero attached hydrogens (tertiary/aromatic N) is 3. The lowest BCUT2D eigenvalue weighted by atomic mass is 10.0. The molecular weight excluding hydrogens is 511 g/mol. The maximum Gasteiger partial charge on any atom is 0.321 e. The lowest BCUT2D eigenvalue weighted by molar-refractivity contribution is 0.0830. The molecule has 0 aliphatic carbocycles. The second kappa shape index (κ2) is 12.6. The Kier molecular flexibility index (Phi) is 9.73. The van der Waals surface area contributed by atoms with Crippen molar-refractivity contribution in [2.45, 2.75) is 30.9 Å². The predicted molar refractivity (Wildman–Crippen MR) is 144 cm³/mol. The van der Waals surface area contributed by atoms with Gasteiger partial charge in [-0.3, -0.25) is 4.90 Å². The number of rotatable bonds is 6. The van der Waals surface area contributed by atoms with E-state index in [1.165, 1.54) is 33.5 Å².